The molecule has 1 saturated heterocycles. The van der Waals surface area contributed by atoms with E-state index in [1.165, 1.54) is 19.0 Å². The fourth-order valence-corrected chi connectivity index (χ4v) is 4.17. The molecule has 1 aliphatic heterocycles. The van der Waals surface area contributed by atoms with Gasteiger partial charge in [0.1, 0.15) is 6.42 Å². The molecule has 27 heavy (non-hydrogen) atoms. The number of benzene rings is 1. The van der Waals surface area contributed by atoms with Gasteiger partial charge in [-0.15, -0.1) is 0 Å². The van der Waals surface area contributed by atoms with Gasteiger partial charge in [-0.3, -0.25) is 9.59 Å². The van der Waals surface area contributed by atoms with Crippen LogP contribution in [0, 0.1) is 12.8 Å². The molecule has 0 saturated carbocycles. The summed E-state index contributed by atoms with van der Waals surface area (Å²) in [5.74, 6) is -1.79. The summed E-state index contributed by atoms with van der Waals surface area (Å²) < 4.78 is 25.1. The highest BCUT2D eigenvalue weighted by Gasteiger charge is 2.37. The summed E-state index contributed by atoms with van der Waals surface area (Å²) in [4.78, 5) is 25.8. The number of carbonyl (C=O) groups is 2. The van der Waals surface area contributed by atoms with Crippen molar-refractivity contribution in [2.45, 2.75) is 19.4 Å². The van der Waals surface area contributed by atoms with Gasteiger partial charge < -0.3 is 15.3 Å². The maximum atomic E-state index is 12.4. The summed E-state index contributed by atoms with van der Waals surface area (Å²) >= 11 is 6.01. The molecular formula is C17H24ClN3O5S. The second-order valence-electron chi connectivity index (χ2n) is 6.82. The average Bonchev–Trinajstić information content (AvgIpc) is 2.92. The quantitative estimate of drug-likeness (QED) is 0.662. The van der Waals surface area contributed by atoms with E-state index in [-0.39, 0.29) is 18.8 Å². The van der Waals surface area contributed by atoms with Gasteiger partial charge in [0.2, 0.25) is 21.8 Å². The largest absolute Gasteiger partial charge is 0.391 e. The lowest BCUT2D eigenvalue weighted by atomic mass is 10.1. The number of nitrogens with one attached hydrogen (secondary N) is 1. The molecule has 0 radical (unpaired) electrons. The number of β-amino-alcohol motifs (C(OH)–C–C–N with tert-alkyl or cyclic N) is 1. The second kappa shape index (κ2) is 8.55. The highest BCUT2D eigenvalue weighted by Crippen LogP contribution is 2.24. The Morgan fingerprint density at radius 2 is 2.00 bits per heavy atom. The lowest BCUT2D eigenvalue weighted by Crippen LogP contribution is -2.34. The summed E-state index contributed by atoms with van der Waals surface area (Å²) in [7, 11) is -0.656. The molecule has 0 aliphatic carbocycles. The van der Waals surface area contributed by atoms with Crippen molar-refractivity contribution in [1.82, 2.24) is 9.21 Å². The maximum absolute atomic E-state index is 12.4. The first kappa shape index (κ1) is 21.6. The monoisotopic (exact) mass is 417 g/mol. The lowest BCUT2D eigenvalue weighted by molar-refractivity contribution is -0.134. The van der Waals surface area contributed by atoms with Crippen LogP contribution in [0.1, 0.15) is 12.0 Å². The molecule has 0 unspecified atom stereocenters. The van der Waals surface area contributed by atoms with Crippen LogP contribution in [0.5, 0.6) is 0 Å². The molecule has 8 nitrogen and oxygen atoms in total. The van der Waals surface area contributed by atoms with Crippen molar-refractivity contribution in [1.29, 1.82) is 0 Å². The normalized spacial score (nSPS) is 20.1. The van der Waals surface area contributed by atoms with Crippen LogP contribution in [-0.4, -0.2) is 73.6 Å². The minimum absolute atomic E-state index is 0.00984. The van der Waals surface area contributed by atoms with Gasteiger partial charge in [-0.05, 0) is 24.6 Å². The molecule has 2 atom stereocenters. The number of rotatable bonds is 6. The van der Waals surface area contributed by atoms with Crippen molar-refractivity contribution in [3.63, 3.8) is 0 Å². The number of aliphatic hydroxyl groups is 1. The molecule has 150 valence electrons. The standard InChI is InChI=1S/C17H24ClN3O5S/c1-11-13(18)5-4-6-14(11)19-16(23)7-17(24)21-8-12(15(22)9-21)10-27(25,26)20(2)3/h4-6,12,15,22H,7-10H2,1-3H3,(H,19,23)/t12-,15-/m0/s1. The molecule has 0 aromatic heterocycles. The Kier molecular flexibility index (Phi) is 6.85. The summed E-state index contributed by atoms with van der Waals surface area (Å²) in [5.41, 5.74) is 1.22. The summed E-state index contributed by atoms with van der Waals surface area (Å²) in [6, 6.07) is 5.08. The number of nitrogens with zero attached hydrogens (tertiary/aromatic N) is 2. The van der Waals surface area contributed by atoms with E-state index in [0.717, 1.165) is 4.31 Å². The minimum atomic E-state index is -3.49. The smallest absolute Gasteiger partial charge is 0.233 e. The van der Waals surface area contributed by atoms with Crippen LogP contribution in [0.15, 0.2) is 18.2 Å². The summed E-state index contributed by atoms with van der Waals surface area (Å²) in [5, 5.41) is 13.2. The first-order valence-corrected chi connectivity index (χ1v) is 10.4. The average molecular weight is 418 g/mol. The molecule has 1 aliphatic rings. The van der Waals surface area contributed by atoms with E-state index in [1.54, 1.807) is 25.1 Å². The van der Waals surface area contributed by atoms with Crippen LogP contribution < -0.4 is 5.32 Å². The highest BCUT2D eigenvalue weighted by atomic mass is 35.5. The van der Waals surface area contributed by atoms with E-state index in [2.05, 4.69) is 5.32 Å². The Morgan fingerprint density at radius 3 is 2.63 bits per heavy atom. The number of hydrogen-bond acceptors (Lipinski definition) is 5. The third-order valence-corrected chi connectivity index (χ3v) is 6.97. The van der Waals surface area contributed by atoms with E-state index in [9.17, 15) is 23.1 Å². The first-order valence-electron chi connectivity index (χ1n) is 8.42. The fourth-order valence-electron chi connectivity index (χ4n) is 2.83. The van der Waals surface area contributed by atoms with Crippen molar-refractivity contribution in [2.24, 2.45) is 5.92 Å². The third kappa shape index (κ3) is 5.41. The van der Waals surface area contributed by atoms with Crippen LogP contribution in [0.4, 0.5) is 5.69 Å². The number of hydrogen-bond donors (Lipinski definition) is 2. The highest BCUT2D eigenvalue weighted by molar-refractivity contribution is 7.89. The number of aliphatic hydroxyl groups excluding tert-OH is 1. The van der Waals surface area contributed by atoms with Crippen LogP contribution in [0.3, 0.4) is 0 Å². The van der Waals surface area contributed by atoms with E-state index >= 15 is 0 Å². The molecule has 0 spiro atoms. The summed E-state index contributed by atoms with van der Waals surface area (Å²) in [6.45, 7) is 1.86. The van der Waals surface area contributed by atoms with Crippen LogP contribution in [-0.2, 0) is 19.6 Å². The van der Waals surface area contributed by atoms with Crippen molar-refractivity contribution in [3.05, 3.63) is 28.8 Å². The number of anilines is 1. The van der Waals surface area contributed by atoms with Crippen LogP contribution >= 0.6 is 11.6 Å². The third-order valence-electron chi connectivity index (χ3n) is 4.59. The molecular weight excluding hydrogens is 394 g/mol. The van der Waals surface area contributed by atoms with Gasteiger partial charge in [-0.2, -0.15) is 0 Å². The van der Waals surface area contributed by atoms with Crippen molar-refractivity contribution >= 4 is 39.1 Å². The second-order valence-corrected chi connectivity index (χ2v) is 9.46. The Hall–Kier alpha value is -1.68. The van der Waals surface area contributed by atoms with Gasteiger partial charge in [0, 0.05) is 43.8 Å². The first-order chi connectivity index (χ1) is 12.5. The molecule has 2 rings (SSSR count). The van der Waals surface area contributed by atoms with E-state index < -0.39 is 40.3 Å². The zero-order valence-corrected chi connectivity index (χ0v) is 17.0. The molecule has 1 aromatic rings. The Bertz CT molecular complexity index is 828. The Morgan fingerprint density at radius 1 is 1.33 bits per heavy atom. The van der Waals surface area contributed by atoms with Gasteiger partial charge in [-0.1, -0.05) is 17.7 Å². The van der Waals surface area contributed by atoms with E-state index in [1.807, 2.05) is 0 Å². The van der Waals surface area contributed by atoms with E-state index in [0.29, 0.717) is 16.3 Å². The van der Waals surface area contributed by atoms with Gasteiger partial charge in [0.25, 0.3) is 0 Å². The number of amides is 2. The Labute approximate surface area is 164 Å². The topological polar surface area (TPSA) is 107 Å². The fraction of sp³-hybridized carbons (Fsp3) is 0.529. The predicted octanol–water partition coefficient (Wildman–Crippen LogP) is 0.688. The molecule has 0 bridgehead atoms. The number of likely N-dealkylation sites (tertiary alicyclic amines) is 1. The van der Waals surface area contributed by atoms with E-state index in [4.69, 9.17) is 11.6 Å². The number of sulfonamides is 1. The van der Waals surface area contributed by atoms with Crippen molar-refractivity contribution in [2.75, 3.05) is 38.3 Å². The molecule has 10 heteroatoms. The predicted molar refractivity (Wildman–Crippen MR) is 103 cm³/mol. The molecule has 2 amide bonds. The lowest BCUT2D eigenvalue weighted by Gasteiger charge is -2.18. The molecule has 1 aromatic carbocycles. The molecule has 1 heterocycles. The zero-order valence-electron chi connectivity index (χ0n) is 15.5. The number of carbonyl (C=O) groups excluding carboxylic acids is 2. The SMILES string of the molecule is Cc1c(Cl)cccc1NC(=O)CC(=O)N1C[C@@H](CS(=O)(=O)N(C)C)[C@@H](O)C1. The number of halogens is 1. The van der Waals surface area contributed by atoms with Crippen LogP contribution in [0.2, 0.25) is 5.02 Å². The van der Waals surface area contributed by atoms with Gasteiger partial charge in [0.05, 0.1) is 11.9 Å². The van der Waals surface area contributed by atoms with Crippen molar-refractivity contribution in [3.8, 4) is 0 Å². The van der Waals surface area contributed by atoms with Gasteiger partial charge >= 0.3 is 0 Å². The van der Waals surface area contributed by atoms with Crippen LogP contribution in [0.25, 0.3) is 0 Å². The van der Waals surface area contributed by atoms with Gasteiger partial charge in [0.15, 0.2) is 0 Å². The Balaban J connectivity index is 1.94. The minimum Gasteiger partial charge on any atom is -0.391 e. The maximum Gasteiger partial charge on any atom is 0.233 e. The molecule has 1 fully saturated rings. The van der Waals surface area contributed by atoms with Gasteiger partial charge in [-0.25, -0.2) is 12.7 Å². The molecule has 2 N–H and O–H groups in total. The summed E-state index contributed by atoms with van der Waals surface area (Å²) in [6.07, 6.45) is -1.34. The zero-order chi connectivity index (χ0) is 20.4. The van der Waals surface area contributed by atoms with Crippen molar-refractivity contribution < 1.29 is 23.1 Å².